The summed E-state index contributed by atoms with van der Waals surface area (Å²) in [6.07, 6.45) is 0. The minimum Gasteiger partial charge on any atom is -0.478 e. The van der Waals surface area contributed by atoms with Gasteiger partial charge in [0.15, 0.2) is 0 Å². The summed E-state index contributed by atoms with van der Waals surface area (Å²) < 4.78 is 0. The molecule has 0 saturated carbocycles. The van der Waals surface area contributed by atoms with Gasteiger partial charge in [0.05, 0.1) is 27.7 Å². The molecule has 51 heavy (non-hydrogen) atoms. The van der Waals surface area contributed by atoms with E-state index in [2.05, 4.69) is 72.8 Å². The van der Waals surface area contributed by atoms with Gasteiger partial charge < -0.3 is 31.9 Å². The summed E-state index contributed by atoms with van der Waals surface area (Å²) in [5, 5.41) is 33.9. The molecule has 0 aromatic heterocycles. The molecule has 0 fully saturated rings. The zero-order chi connectivity index (χ0) is 36.7. The zero-order valence-electron chi connectivity index (χ0n) is 26.9. The van der Waals surface area contributed by atoms with E-state index in [0.29, 0.717) is 0 Å². The second-order valence-electron chi connectivity index (χ2n) is 11.5. The van der Waals surface area contributed by atoms with E-state index < -0.39 is 23.9 Å². The van der Waals surface area contributed by atoms with Crippen molar-refractivity contribution in [3.05, 3.63) is 190 Å². The first kappa shape index (κ1) is 35.1. The molecule has 0 unspecified atom stereocenters. The van der Waals surface area contributed by atoms with Gasteiger partial charge in [-0.3, -0.25) is 0 Å². The Hall–Kier alpha value is -7.20. The third-order valence-corrected chi connectivity index (χ3v) is 8.37. The Morgan fingerprint density at radius 1 is 0.392 bits per heavy atom. The quantitative estimate of drug-likeness (QED) is 0.0962. The summed E-state index contributed by atoms with van der Waals surface area (Å²) in [7, 11) is 0. The molecule has 1 aliphatic rings. The smallest absolute Gasteiger partial charge is 0.335 e. The van der Waals surface area contributed by atoms with Gasteiger partial charge >= 0.3 is 23.9 Å². The van der Waals surface area contributed by atoms with Crippen LogP contribution in [0.3, 0.4) is 0 Å². The maximum atomic E-state index is 10.4. The lowest BCUT2D eigenvalue weighted by Gasteiger charge is -2.34. The van der Waals surface area contributed by atoms with Crippen molar-refractivity contribution in [2.24, 2.45) is 0 Å². The van der Waals surface area contributed by atoms with Crippen molar-refractivity contribution in [3.8, 4) is 11.1 Å². The Morgan fingerprint density at radius 3 is 1.06 bits per heavy atom. The highest BCUT2D eigenvalue weighted by Crippen LogP contribution is 2.56. The maximum Gasteiger partial charge on any atom is 0.335 e. The van der Waals surface area contributed by atoms with Crippen LogP contribution >= 0.6 is 0 Å². The third kappa shape index (κ3) is 7.30. The minimum absolute atomic E-state index is 0.0186. The fraction of sp³-hybridized carbons (Fsp3) is 0.0244. The van der Waals surface area contributed by atoms with Crippen LogP contribution in [0.4, 0.5) is 11.4 Å². The van der Waals surface area contributed by atoms with Gasteiger partial charge in [0.2, 0.25) is 0 Å². The second kappa shape index (κ2) is 14.9. The van der Waals surface area contributed by atoms with Crippen LogP contribution in [0.5, 0.6) is 0 Å². The fourth-order valence-electron chi connectivity index (χ4n) is 6.03. The van der Waals surface area contributed by atoms with E-state index in [9.17, 15) is 19.2 Å². The number of nitrogens with two attached hydrogens (primary N) is 2. The fourth-order valence-corrected chi connectivity index (χ4v) is 6.03. The molecule has 0 heterocycles. The van der Waals surface area contributed by atoms with Crippen LogP contribution < -0.4 is 11.5 Å². The van der Waals surface area contributed by atoms with Gasteiger partial charge in [-0.1, -0.05) is 78.9 Å². The predicted octanol–water partition coefficient (Wildman–Crippen LogP) is 7.38. The molecule has 254 valence electrons. The number of carbonyl (C=O) groups is 4. The lowest BCUT2D eigenvalue weighted by molar-refractivity contribution is 0.0681. The van der Waals surface area contributed by atoms with Crippen LogP contribution in [0, 0.1) is 0 Å². The average molecular weight is 681 g/mol. The van der Waals surface area contributed by atoms with E-state index in [0.717, 1.165) is 17.4 Å². The highest BCUT2D eigenvalue weighted by Gasteiger charge is 2.45. The number of aromatic carboxylic acids is 4. The summed E-state index contributed by atoms with van der Waals surface area (Å²) in [4.78, 5) is 41.4. The average Bonchev–Trinajstić information content (AvgIpc) is 3.44. The monoisotopic (exact) mass is 680 g/mol. The Bertz CT molecular complexity index is 2070. The Kier molecular flexibility index (Phi) is 10.3. The first-order valence-electron chi connectivity index (χ1n) is 15.5. The molecule has 0 spiro atoms. The molecule has 0 radical (unpaired) electrons. The largest absolute Gasteiger partial charge is 0.478 e. The number of hydrogen-bond donors (Lipinski definition) is 6. The number of carboxylic acids is 4. The van der Waals surface area contributed by atoms with Crippen LogP contribution in [0.2, 0.25) is 0 Å². The zero-order valence-corrected chi connectivity index (χ0v) is 26.9. The Morgan fingerprint density at radius 2 is 0.725 bits per heavy atom. The molecule has 8 N–H and O–H groups in total. The normalized spacial score (nSPS) is 11.7. The number of benzene rings is 6. The van der Waals surface area contributed by atoms with Gasteiger partial charge in [-0.25, -0.2) is 19.2 Å². The summed E-state index contributed by atoms with van der Waals surface area (Å²) >= 11 is 0. The second-order valence-corrected chi connectivity index (χ2v) is 11.5. The van der Waals surface area contributed by atoms with Crippen molar-refractivity contribution < 1.29 is 39.6 Å². The molecule has 10 heteroatoms. The lowest BCUT2D eigenvalue weighted by atomic mass is 9.67. The number of rotatable bonds is 6. The highest BCUT2D eigenvalue weighted by molar-refractivity contribution is 5.94. The molecular weight excluding hydrogens is 648 g/mol. The first-order chi connectivity index (χ1) is 24.4. The van der Waals surface area contributed by atoms with Gasteiger partial charge in [0, 0.05) is 11.4 Å². The predicted molar refractivity (Wildman–Crippen MR) is 193 cm³/mol. The van der Waals surface area contributed by atoms with Crippen LogP contribution in [-0.4, -0.2) is 44.3 Å². The van der Waals surface area contributed by atoms with Crippen molar-refractivity contribution >= 4 is 35.3 Å². The maximum absolute atomic E-state index is 10.4. The van der Waals surface area contributed by atoms with Crippen LogP contribution in [0.1, 0.15) is 63.7 Å². The molecule has 7 rings (SSSR count). The summed E-state index contributed by atoms with van der Waals surface area (Å²) in [6.45, 7) is 0. The Balaban J connectivity index is 0.000000175. The number of fused-ring (bicyclic) bond motifs is 3. The molecular formula is C41H32N2O8. The highest BCUT2D eigenvalue weighted by atomic mass is 16.4. The minimum atomic E-state index is -1.13. The van der Waals surface area contributed by atoms with E-state index in [-0.39, 0.29) is 27.7 Å². The molecule has 1 aliphatic carbocycles. The lowest BCUT2D eigenvalue weighted by Crippen LogP contribution is -2.28. The van der Waals surface area contributed by atoms with Crippen molar-refractivity contribution in [3.63, 3.8) is 0 Å². The molecule has 0 bridgehead atoms. The van der Waals surface area contributed by atoms with Crippen LogP contribution in [0.15, 0.2) is 146 Å². The molecule has 6 aromatic rings. The van der Waals surface area contributed by atoms with Crippen molar-refractivity contribution in [2.75, 3.05) is 11.5 Å². The van der Waals surface area contributed by atoms with Crippen molar-refractivity contribution in [1.82, 2.24) is 0 Å². The molecule has 0 atom stereocenters. The SMILES string of the molecule is Nc1ccc(C2(c3ccc(N)cc3)c3ccccc3-c3ccccc32)cc1.O=C(O)c1ccc(C(=O)O)cc1.O=C(O)c1cccc(C(=O)O)c1. The molecule has 6 aromatic carbocycles. The van der Waals surface area contributed by atoms with Gasteiger partial charge in [0.25, 0.3) is 0 Å². The van der Waals surface area contributed by atoms with Gasteiger partial charge in [-0.15, -0.1) is 0 Å². The number of anilines is 2. The standard InChI is InChI=1S/C25H20N2.2C8H6O4/c26-19-13-9-17(10-14-19)25(18-11-15-20(27)16-12-18)23-7-3-1-5-21(23)22-6-2-4-8-24(22)25;9-7(10)5-1-2-6(4-3-5)8(11)12;9-7(10)5-2-1-3-6(4-5)8(11)12/h1-16H,26-27H2;2*1-4H,(H,9,10)(H,11,12). The number of carboxylic acid groups (broad SMARTS) is 4. The van der Waals surface area contributed by atoms with Gasteiger partial charge in [-0.05, 0) is 100 Å². The van der Waals surface area contributed by atoms with Crippen molar-refractivity contribution in [1.29, 1.82) is 0 Å². The number of hydrogen-bond acceptors (Lipinski definition) is 6. The van der Waals surface area contributed by atoms with Crippen molar-refractivity contribution in [2.45, 2.75) is 5.41 Å². The Labute approximate surface area is 292 Å². The topological polar surface area (TPSA) is 201 Å². The van der Waals surface area contributed by atoms with E-state index in [4.69, 9.17) is 31.9 Å². The van der Waals surface area contributed by atoms with E-state index in [1.807, 2.05) is 24.3 Å². The molecule has 10 nitrogen and oxygen atoms in total. The summed E-state index contributed by atoms with van der Waals surface area (Å²) in [5.74, 6) is -4.38. The molecule has 0 saturated heterocycles. The van der Waals surface area contributed by atoms with Gasteiger partial charge in [-0.2, -0.15) is 0 Å². The summed E-state index contributed by atoms with van der Waals surface area (Å²) in [6, 6.07) is 44.1. The van der Waals surface area contributed by atoms with E-state index >= 15 is 0 Å². The molecule has 0 amide bonds. The third-order valence-electron chi connectivity index (χ3n) is 8.37. The number of nitrogen functional groups attached to an aromatic ring is 2. The summed E-state index contributed by atoms with van der Waals surface area (Å²) in [5.41, 5.74) is 20.8. The first-order valence-corrected chi connectivity index (χ1v) is 15.5. The van der Waals surface area contributed by atoms with Crippen LogP contribution in [0.25, 0.3) is 11.1 Å². The van der Waals surface area contributed by atoms with Gasteiger partial charge in [0.1, 0.15) is 0 Å². The van der Waals surface area contributed by atoms with E-state index in [1.54, 1.807) is 0 Å². The van der Waals surface area contributed by atoms with E-state index in [1.165, 1.54) is 75.8 Å². The van der Waals surface area contributed by atoms with Crippen LogP contribution in [-0.2, 0) is 5.41 Å². The molecule has 0 aliphatic heterocycles.